The Morgan fingerprint density at radius 2 is 1.35 bits per heavy atom. The zero-order valence-corrected chi connectivity index (χ0v) is 16.0. The summed E-state index contributed by atoms with van der Waals surface area (Å²) in [7, 11) is 1.66. The van der Waals surface area contributed by atoms with Crippen molar-refractivity contribution >= 4 is 17.5 Å². The molecule has 26 heavy (non-hydrogen) atoms. The largest absolute Gasteiger partial charge is 0.497 e. The molecule has 3 rings (SSSR count). The highest BCUT2D eigenvalue weighted by Gasteiger charge is 2.42. The van der Waals surface area contributed by atoms with Gasteiger partial charge in [0.05, 0.1) is 7.11 Å². The highest BCUT2D eigenvalue weighted by molar-refractivity contribution is 6.04. The normalized spacial score (nSPS) is 18.2. The number of likely N-dealkylation sites (tertiary alicyclic amines) is 1. The van der Waals surface area contributed by atoms with Gasteiger partial charge >= 0.3 is 0 Å². The van der Waals surface area contributed by atoms with Crippen molar-refractivity contribution < 1.29 is 14.3 Å². The summed E-state index contributed by atoms with van der Waals surface area (Å²) in [5.74, 6) is 0.756. The van der Waals surface area contributed by atoms with Gasteiger partial charge < -0.3 is 19.4 Å². The van der Waals surface area contributed by atoms with Crippen molar-refractivity contribution in [3.05, 3.63) is 24.3 Å². The third-order valence-electron chi connectivity index (χ3n) is 5.47. The van der Waals surface area contributed by atoms with Gasteiger partial charge in [-0.25, -0.2) is 0 Å². The molecule has 0 atom stereocenters. The Bertz CT molecular complexity index is 643. The first-order chi connectivity index (χ1) is 12.4. The van der Waals surface area contributed by atoms with Crippen molar-refractivity contribution in [1.29, 1.82) is 0 Å². The number of amides is 2. The topological polar surface area (TPSA) is 53.1 Å². The minimum Gasteiger partial charge on any atom is -0.497 e. The van der Waals surface area contributed by atoms with Crippen molar-refractivity contribution in [3.63, 3.8) is 0 Å². The summed E-state index contributed by atoms with van der Waals surface area (Å²) in [4.78, 5) is 31.7. The number of ether oxygens (including phenoxy) is 1. The molecule has 142 valence electrons. The van der Waals surface area contributed by atoms with Crippen LogP contribution in [0.4, 0.5) is 5.69 Å². The SMILES string of the molecule is COc1ccc(N2CCN(C(=O)C(C)(C)C(=O)N3CCCC3)CC2)cc1. The van der Waals surface area contributed by atoms with Crippen LogP contribution in [0.2, 0.25) is 0 Å². The maximum absolute atomic E-state index is 13.0. The lowest BCUT2D eigenvalue weighted by molar-refractivity contribution is -0.153. The molecule has 2 fully saturated rings. The van der Waals surface area contributed by atoms with E-state index in [9.17, 15) is 9.59 Å². The first-order valence-corrected chi connectivity index (χ1v) is 9.41. The Labute approximate surface area is 155 Å². The maximum atomic E-state index is 13.0. The lowest BCUT2D eigenvalue weighted by Crippen LogP contribution is -2.55. The molecule has 0 aliphatic carbocycles. The molecule has 0 unspecified atom stereocenters. The molecule has 6 nitrogen and oxygen atoms in total. The third-order valence-corrected chi connectivity index (χ3v) is 5.47. The Balaban J connectivity index is 1.59. The van der Waals surface area contributed by atoms with Crippen molar-refractivity contribution in [2.45, 2.75) is 26.7 Å². The van der Waals surface area contributed by atoms with Crippen LogP contribution in [0.15, 0.2) is 24.3 Å². The van der Waals surface area contributed by atoms with Gasteiger partial charge in [0.1, 0.15) is 11.2 Å². The van der Waals surface area contributed by atoms with Gasteiger partial charge in [-0.15, -0.1) is 0 Å². The minimum atomic E-state index is -0.980. The van der Waals surface area contributed by atoms with Gasteiger partial charge in [-0.05, 0) is 51.0 Å². The van der Waals surface area contributed by atoms with Crippen molar-refractivity contribution in [3.8, 4) is 5.75 Å². The van der Waals surface area contributed by atoms with E-state index in [0.29, 0.717) is 13.1 Å². The van der Waals surface area contributed by atoms with Gasteiger partial charge in [-0.2, -0.15) is 0 Å². The van der Waals surface area contributed by atoms with E-state index >= 15 is 0 Å². The van der Waals surface area contributed by atoms with Crippen LogP contribution < -0.4 is 9.64 Å². The highest BCUT2D eigenvalue weighted by Crippen LogP contribution is 2.26. The van der Waals surface area contributed by atoms with Gasteiger partial charge in [0.25, 0.3) is 0 Å². The standard InChI is InChI=1S/C20H29N3O3/c1-20(2,18(24)22-10-4-5-11-22)19(25)23-14-12-21(13-15-23)16-6-8-17(26-3)9-7-16/h6-9H,4-5,10-15H2,1-3H3. The number of rotatable bonds is 4. The lowest BCUT2D eigenvalue weighted by atomic mass is 9.89. The van der Waals surface area contributed by atoms with E-state index in [1.807, 2.05) is 34.1 Å². The molecule has 2 aliphatic heterocycles. The summed E-state index contributed by atoms with van der Waals surface area (Å²) in [6.07, 6.45) is 2.08. The molecule has 0 spiro atoms. The fourth-order valence-corrected chi connectivity index (χ4v) is 3.76. The molecule has 0 aromatic heterocycles. The molecule has 2 amide bonds. The quantitative estimate of drug-likeness (QED) is 0.772. The molecular formula is C20H29N3O3. The molecule has 1 aromatic carbocycles. The zero-order valence-electron chi connectivity index (χ0n) is 16.0. The summed E-state index contributed by atoms with van der Waals surface area (Å²) in [5.41, 5.74) is 0.150. The summed E-state index contributed by atoms with van der Waals surface area (Å²) in [5, 5.41) is 0. The van der Waals surface area contributed by atoms with E-state index in [-0.39, 0.29) is 11.8 Å². The first-order valence-electron chi connectivity index (χ1n) is 9.41. The number of piperazine rings is 1. The second-order valence-corrected chi connectivity index (χ2v) is 7.60. The molecule has 2 aliphatic rings. The Hall–Kier alpha value is -2.24. The second-order valence-electron chi connectivity index (χ2n) is 7.60. The minimum absolute atomic E-state index is 0.0300. The van der Waals surface area contributed by atoms with Gasteiger partial charge in [0, 0.05) is 45.0 Å². The van der Waals surface area contributed by atoms with Crippen molar-refractivity contribution in [2.75, 3.05) is 51.3 Å². The van der Waals surface area contributed by atoms with E-state index < -0.39 is 5.41 Å². The fraction of sp³-hybridized carbons (Fsp3) is 0.600. The van der Waals surface area contributed by atoms with Crippen LogP contribution in [0.5, 0.6) is 5.75 Å². The van der Waals surface area contributed by atoms with Crippen molar-refractivity contribution in [1.82, 2.24) is 9.80 Å². The van der Waals surface area contributed by atoms with E-state index in [4.69, 9.17) is 4.74 Å². The molecule has 0 radical (unpaired) electrons. The summed E-state index contributed by atoms with van der Waals surface area (Å²) in [6, 6.07) is 7.98. The van der Waals surface area contributed by atoms with Crippen molar-refractivity contribution in [2.24, 2.45) is 5.41 Å². The molecular weight excluding hydrogens is 330 g/mol. The Morgan fingerprint density at radius 1 is 0.846 bits per heavy atom. The number of methoxy groups -OCH3 is 1. The number of hydrogen-bond acceptors (Lipinski definition) is 4. The Kier molecular flexibility index (Phi) is 5.39. The van der Waals surface area contributed by atoms with Crippen LogP contribution in [0.25, 0.3) is 0 Å². The maximum Gasteiger partial charge on any atom is 0.237 e. The average Bonchev–Trinajstić information content (AvgIpc) is 3.21. The van der Waals surface area contributed by atoms with Crippen LogP contribution in [0, 0.1) is 5.41 Å². The molecule has 0 bridgehead atoms. The smallest absolute Gasteiger partial charge is 0.237 e. The van der Waals surface area contributed by atoms with E-state index in [2.05, 4.69) is 4.90 Å². The number of carbonyl (C=O) groups is 2. The van der Waals surface area contributed by atoms with Crippen LogP contribution >= 0.6 is 0 Å². The van der Waals surface area contributed by atoms with E-state index in [1.165, 1.54) is 0 Å². The number of nitrogens with zero attached hydrogens (tertiary/aromatic N) is 3. The number of benzene rings is 1. The monoisotopic (exact) mass is 359 g/mol. The molecule has 2 saturated heterocycles. The highest BCUT2D eigenvalue weighted by atomic mass is 16.5. The predicted molar refractivity (Wildman–Crippen MR) is 101 cm³/mol. The average molecular weight is 359 g/mol. The summed E-state index contributed by atoms with van der Waals surface area (Å²) >= 11 is 0. The Morgan fingerprint density at radius 3 is 1.85 bits per heavy atom. The number of carbonyl (C=O) groups excluding carboxylic acids is 2. The number of anilines is 1. The lowest BCUT2D eigenvalue weighted by Gasteiger charge is -2.39. The molecule has 0 saturated carbocycles. The fourth-order valence-electron chi connectivity index (χ4n) is 3.76. The molecule has 0 N–H and O–H groups in total. The van der Waals surface area contributed by atoms with Gasteiger partial charge in [0.2, 0.25) is 11.8 Å². The van der Waals surface area contributed by atoms with Crippen LogP contribution in [-0.2, 0) is 9.59 Å². The third kappa shape index (κ3) is 3.64. The first kappa shape index (κ1) is 18.5. The van der Waals surface area contributed by atoms with Crippen LogP contribution in [0.3, 0.4) is 0 Å². The van der Waals surface area contributed by atoms with Crippen LogP contribution in [0.1, 0.15) is 26.7 Å². The molecule has 1 aromatic rings. The second kappa shape index (κ2) is 7.56. The molecule has 6 heteroatoms. The predicted octanol–water partition coefficient (Wildman–Crippen LogP) is 1.99. The van der Waals surface area contributed by atoms with Crippen LogP contribution in [-0.4, -0.2) is 68.0 Å². The van der Waals surface area contributed by atoms with Gasteiger partial charge in [0.15, 0.2) is 0 Å². The zero-order chi connectivity index (χ0) is 18.7. The van der Waals surface area contributed by atoms with Gasteiger partial charge in [-0.3, -0.25) is 9.59 Å². The van der Waals surface area contributed by atoms with E-state index in [0.717, 1.165) is 50.5 Å². The summed E-state index contributed by atoms with van der Waals surface area (Å²) < 4.78 is 5.20. The number of hydrogen-bond donors (Lipinski definition) is 0. The van der Waals surface area contributed by atoms with Gasteiger partial charge in [-0.1, -0.05) is 0 Å². The van der Waals surface area contributed by atoms with E-state index in [1.54, 1.807) is 21.0 Å². The molecule has 2 heterocycles. The summed E-state index contributed by atoms with van der Waals surface area (Å²) in [6.45, 7) is 7.92.